The third kappa shape index (κ3) is 4.01. The molecule has 2 aliphatic heterocycles. The lowest BCUT2D eigenvalue weighted by Crippen LogP contribution is -2.65. The van der Waals surface area contributed by atoms with Gasteiger partial charge in [0, 0.05) is 43.6 Å². The summed E-state index contributed by atoms with van der Waals surface area (Å²) in [6, 6.07) is 4.75. The van der Waals surface area contributed by atoms with Crippen molar-refractivity contribution in [2.45, 2.75) is 69.1 Å². The Kier molecular flexibility index (Phi) is 6.87. The first kappa shape index (κ1) is 23.6. The second kappa shape index (κ2) is 9.88. The van der Waals surface area contributed by atoms with E-state index in [1.54, 1.807) is 7.11 Å². The Morgan fingerprint density at radius 2 is 2.00 bits per heavy atom. The van der Waals surface area contributed by atoms with E-state index in [4.69, 9.17) is 23.7 Å². The Morgan fingerprint density at radius 3 is 2.79 bits per heavy atom. The number of likely N-dealkylation sites (N-methyl/N-ethyl adjacent to an activating group) is 1. The van der Waals surface area contributed by atoms with Gasteiger partial charge in [-0.1, -0.05) is 24.6 Å². The van der Waals surface area contributed by atoms with E-state index in [1.165, 1.54) is 18.1 Å². The maximum absolute atomic E-state index is 10.9. The molecule has 1 saturated heterocycles. The Bertz CT molecular complexity index is 932. The first-order valence-electron chi connectivity index (χ1n) is 12.6. The Labute approximate surface area is 202 Å². The van der Waals surface area contributed by atoms with Crippen molar-refractivity contribution >= 4 is 5.97 Å². The van der Waals surface area contributed by atoms with Gasteiger partial charge in [0.1, 0.15) is 12.2 Å². The van der Waals surface area contributed by atoms with Gasteiger partial charge in [-0.2, -0.15) is 0 Å². The fourth-order valence-electron chi connectivity index (χ4n) is 6.58. The number of piperidine rings is 1. The van der Waals surface area contributed by atoms with E-state index in [0.29, 0.717) is 25.2 Å². The second-order valence-corrected chi connectivity index (χ2v) is 10.1. The van der Waals surface area contributed by atoms with Gasteiger partial charge in [0.15, 0.2) is 18.3 Å². The standard InChI is InChI=1S/C27H37NO6/c1-18(29)31-14-6-4-5-7-15-32-23-11-9-20-21-16-19-8-10-22(33-17-30-3)25-24(19)27(20,26(23)34-25)12-13-28(21)2/h8-11,20-21,23,26H,4-7,12-17H2,1-3H3/t20-,21+,23-,26-,27-/m0/s1. The summed E-state index contributed by atoms with van der Waals surface area (Å²) in [5.41, 5.74) is 2.68. The van der Waals surface area contributed by atoms with Crippen LogP contribution in [0.5, 0.6) is 11.5 Å². The van der Waals surface area contributed by atoms with Crippen LogP contribution in [0.2, 0.25) is 0 Å². The minimum atomic E-state index is -0.208. The summed E-state index contributed by atoms with van der Waals surface area (Å²) in [6.45, 7) is 3.92. The monoisotopic (exact) mass is 471 g/mol. The average Bonchev–Trinajstić information content (AvgIpc) is 3.18. The third-order valence-corrected chi connectivity index (χ3v) is 8.10. The van der Waals surface area contributed by atoms with E-state index in [0.717, 1.165) is 56.6 Å². The van der Waals surface area contributed by atoms with Crippen molar-refractivity contribution in [3.8, 4) is 11.5 Å². The summed E-state index contributed by atoms with van der Waals surface area (Å²) in [6.07, 6.45) is 10.6. The lowest BCUT2D eigenvalue weighted by molar-refractivity contribution is -0.141. The predicted octanol–water partition coefficient (Wildman–Crippen LogP) is 3.62. The molecule has 2 bridgehead atoms. The molecule has 4 aliphatic rings. The molecule has 5 atom stereocenters. The third-order valence-electron chi connectivity index (χ3n) is 8.10. The average molecular weight is 472 g/mol. The summed E-state index contributed by atoms with van der Waals surface area (Å²) in [5, 5.41) is 0. The number of carbonyl (C=O) groups excluding carboxylic acids is 1. The Morgan fingerprint density at radius 1 is 1.18 bits per heavy atom. The zero-order chi connectivity index (χ0) is 23.7. The highest BCUT2D eigenvalue weighted by Crippen LogP contribution is 2.62. The molecule has 0 N–H and O–H groups in total. The van der Waals surface area contributed by atoms with Crippen LogP contribution in [-0.4, -0.2) is 69.8 Å². The molecule has 1 spiro atoms. The van der Waals surface area contributed by atoms with Gasteiger partial charge >= 0.3 is 5.97 Å². The fourth-order valence-corrected chi connectivity index (χ4v) is 6.58. The summed E-state index contributed by atoms with van der Waals surface area (Å²) in [4.78, 5) is 13.4. The molecule has 1 aromatic rings. The lowest BCUT2D eigenvalue weighted by Gasteiger charge is -2.56. The van der Waals surface area contributed by atoms with E-state index < -0.39 is 0 Å². The number of hydrogen-bond donors (Lipinski definition) is 0. The largest absolute Gasteiger partial charge is 0.482 e. The summed E-state index contributed by atoms with van der Waals surface area (Å²) >= 11 is 0. The van der Waals surface area contributed by atoms with Crippen molar-refractivity contribution in [1.29, 1.82) is 0 Å². The molecule has 0 unspecified atom stereocenters. The van der Waals surface area contributed by atoms with Crippen LogP contribution < -0.4 is 9.47 Å². The van der Waals surface area contributed by atoms with Crippen molar-refractivity contribution in [2.75, 3.05) is 40.7 Å². The number of ether oxygens (including phenoxy) is 5. The maximum Gasteiger partial charge on any atom is 0.302 e. The molecular weight excluding hydrogens is 434 g/mol. The molecular formula is C27H37NO6. The first-order valence-corrected chi connectivity index (χ1v) is 12.6. The van der Waals surface area contributed by atoms with Crippen LogP contribution in [0.3, 0.4) is 0 Å². The number of esters is 1. The Hall–Kier alpha value is -2.09. The van der Waals surface area contributed by atoms with Gasteiger partial charge in [0.05, 0.1) is 6.61 Å². The zero-order valence-corrected chi connectivity index (χ0v) is 20.6. The fraction of sp³-hybridized carbons (Fsp3) is 0.667. The van der Waals surface area contributed by atoms with Gasteiger partial charge in [-0.3, -0.25) is 4.79 Å². The highest BCUT2D eigenvalue weighted by atomic mass is 16.7. The minimum absolute atomic E-state index is 0.0380. The molecule has 5 rings (SSSR count). The van der Waals surface area contributed by atoms with E-state index in [2.05, 4.69) is 30.2 Å². The highest BCUT2D eigenvalue weighted by molar-refractivity contribution is 5.65. The molecule has 1 fully saturated rings. The molecule has 1 aromatic carbocycles. The summed E-state index contributed by atoms with van der Waals surface area (Å²) in [7, 11) is 3.89. The van der Waals surface area contributed by atoms with Crippen LogP contribution in [0.15, 0.2) is 24.3 Å². The zero-order valence-electron chi connectivity index (χ0n) is 20.6. The molecule has 34 heavy (non-hydrogen) atoms. The highest BCUT2D eigenvalue weighted by Gasteiger charge is 2.64. The van der Waals surface area contributed by atoms with E-state index in [1.807, 2.05) is 6.07 Å². The van der Waals surface area contributed by atoms with Gasteiger partial charge in [0.2, 0.25) is 0 Å². The quantitative estimate of drug-likeness (QED) is 0.211. The van der Waals surface area contributed by atoms with E-state index >= 15 is 0 Å². The van der Waals surface area contributed by atoms with Crippen molar-refractivity contribution in [1.82, 2.24) is 4.90 Å². The van der Waals surface area contributed by atoms with Crippen molar-refractivity contribution < 1.29 is 28.5 Å². The Balaban J connectivity index is 1.31. The number of nitrogens with zero attached hydrogens (tertiary/aromatic N) is 1. The molecule has 0 saturated carbocycles. The van der Waals surface area contributed by atoms with E-state index in [-0.39, 0.29) is 30.4 Å². The van der Waals surface area contributed by atoms with Crippen LogP contribution in [0.25, 0.3) is 0 Å². The normalized spacial score (nSPS) is 30.6. The van der Waals surface area contributed by atoms with E-state index in [9.17, 15) is 4.79 Å². The van der Waals surface area contributed by atoms with Crippen molar-refractivity contribution in [3.05, 3.63) is 35.4 Å². The maximum atomic E-state index is 10.9. The minimum Gasteiger partial charge on any atom is -0.482 e. The molecule has 7 heteroatoms. The number of carbonyl (C=O) groups is 1. The van der Waals surface area contributed by atoms with Crippen LogP contribution >= 0.6 is 0 Å². The molecule has 0 aromatic heterocycles. The predicted molar refractivity (Wildman–Crippen MR) is 127 cm³/mol. The van der Waals surface area contributed by atoms with Gasteiger partial charge in [-0.05, 0) is 57.3 Å². The van der Waals surface area contributed by atoms with Crippen molar-refractivity contribution in [2.24, 2.45) is 5.92 Å². The van der Waals surface area contributed by atoms with Gasteiger partial charge < -0.3 is 28.6 Å². The number of rotatable bonds is 11. The SMILES string of the molecule is COCOc1ccc2c3c1O[C@H]1[C@@H](OCCCCCCOC(C)=O)C=C[C@H]4[C@@H](C2)N(C)CC[C@@]341. The van der Waals surface area contributed by atoms with Gasteiger partial charge in [-0.25, -0.2) is 0 Å². The smallest absolute Gasteiger partial charge is 0.302 e. The topological polar surface area (TPSA) is 66.5 Å². The van der Waals surface area contributed by atoms with Crippen molar-refractivity contribution in [3.63, 3.8) is 0 Å². The molecule has 7 nitrogen and oxygen atoms in total. The molecule has 186 valence electrons. The van der Waals surface area contributed by atoms with Crippen LogP contribution in [0.4, 0.5) is 0 Å². The molecule has 0 radical (unpaired) electrons. The number of hydrogen-bond acceptors (Lipinski definition) is 7. The second-order valence-electron chi connectivity index (χ2n) is 10.1. The number of unbranched alkanes of at least 4 members (excludes halogenated alkanes) is 3. The van der Waals surface area contributed by atoms with Crippen LogP contribution in [0, 0.1) is 5.92 Å². The van der Waals surface area contributed by atoms with Crippen LogP contribution in [0.1, 0.15) is 50.2 Å². The first-order chi connectivity index (χ1) is 16.6. The molecule has 0 amide bonds. The molecule has 2 aliphatic carbocycles. The summed E-state index contributed by atoms with van der Waals surface area (Å²) < 4.78 is 29.3. The van der Waals surface area contributed by atoms with Gasteiger partial charge in [0.25, 0.3) is 0 Å². The molecule has 2 heterocycles. The summed E-state index contributed by atoms with van der Waals surface area (Å²) in [5.74, 6) is 1.88. The van der Waals surface area contributed by atoms with Crippen LogP contribution in [-0.2, 0) is 30.8 Å². The number of benzene rings is 1. The van der Waals surface area contributed by atoms with Gasteiger partial charge in [-0.15, -0.1) is 0 Å². The number of methoxy groups -OCH3 is 1. The lowest BCUT2D eigenvalue weighted by atomic mass is 9.53. The number of likely N-dealkylation sites (tertiary alicyclic amines) is 1.